The summed E-state index contributed by atoms with van der Waals surface area (Å²) in [6, 6.07) is -11.0. The van der Waals surface area contributed by atoms with Crippen LogP contribution >= 0.6 is 23.5 Å². The number of amides is 13. The van der Waals surface area contributed by atoms with Crippen molar-refractivity contribution in [1.29, 1.82) is 0 Å². The van der Waals surface area contributed by atoms with E-state index in [1.807, 2.05) is 18.2 Å². The maximum Gasteiger partial charge on any atom is 0.303 e. The molecule has 6 aliphatic rings. The standard InChI is InChI=1S/C75H121N17O19S2/c1-37-64(101)84-51(22-23-58(98)99)66(103)85-52(26-42-14-18-48(96)19-15-42)67(104)82-38(2)65(102)90-59(39(3)93)73(110)89-56(62(76)100)34-112-32-44-11-9-12-45(25-44)33-113-35-57(83-41(5)95)71(108)92-61(75(6,7)8)74(111)88-53(27-43-16-20-49(97)21-17-43)69(106)86-55(29-47-31-77-36-80-47)70(107)91-60(40(4)94)72(109)87-54(68(105)81-37)28-46-30-79-63-50(46)13-10-24-78-63/h9,11-12,25,37-40,42-43,46-57,59-61,63,77-80,93-94,96-97H,10,13-24,26-36H2,1-8H3,(H2,76,100)(H,81,105)(H,82,104)(H,83,95)(H,84,101)(H,85,103)(H,86,106)(H,87,109)(H,88,111)(H,89,110)(H,90,102)(H,91,107)(H,92,108)(H,98,99)/t37-,38-,39+,40+,42?,43?,46?,47?,48?,49?,50?,51-,52-,53-,54-,55-,56+,57-,59-,60-,61+,63?/m0/s1. The summed E-state index contributed by atoms with van der Waals surface area (Å²) in [5.41, 5.74) is 6.32. The Morgan fingerprint density at radius 3 is 1.55 bits per heavy atom. The van der Waals surface area contributed by atoms with Crippen LogP contribution in [0.15, 0.2) is 24.3 Å². The van der Waals surface area contributed by atoms with Gasteiger partial charge in [-0.2, -0.15) is 23.5 Å². The second kappa shape index (κ2) is 44.3. The van der Waals surface area contributed by atoms with Crippen LogP contribution in [-0.2, 0) is 78.6 Å². The molecule has 38 heteroatoms. The molecule has 3 saturated heterocycles. The molecule has 4 unspecified atom stereocenters. The van der Waals surface area contributed by atoms with E-state index in [9.17, 15) is 87.9 Å². The lowest BCUT2D eigenvalue weighted by atomic mass is 9.82. The van der Waals surface area contributed by atoms with Crippen molar-refractivity contribution < 1.29 is 92.7 Å². The van der Waals surface area contributed by atoms with Crippen LogP contribution in [0.25, 0.3) is 0 Å². The summed E-state index contributed by atoms with van der Waals surface area (Å²) in [6.07, 6.45) is -1.11. The highest BCUT2D eigenvalue weighted by atomic mass is 32.2. The molecular formula is C75H121N17O19S2. The first-order chi connectivity index (χ1) is 53.4. The maximum absolute atomic E-state index is 15.1. The van der Waals surface area contributed by atoms with Gasteiger partial charge >= 0.3 is 5.97 Å². The summed E-state index contributed by atoms with van der Waals surface area (Å²) >= 11 is 2.52. The van der Waals surface area contributed by atoms with Gasteiger partial charge in [0.1, 0.15) is 72.5 Å². The molecule has 13 amide bonds. The molecule has 632 valence electrons. The first-order valence-corrected chi connectivity index (χ1v) is 41.7. The summed E-state index contributed by atoms with van der Waals surface area (Å²) in [5, 5.41) is 98.0. The van der Waals surface area contributed by atoms with Crippen molar-refractivity contribution in [2.75, 3.05) is 37.8 Å². The fourth-order valence-electron chi connectivity index (χ4n) is 15.2. The Balaban J connectivity index is 1.22. The minimum absolute atomic E-state index is 0.0220. The lowest BCUT2D eigenvalue weighted by molar-refractivity contribution is -0.139. The number of piperidine rings is 1. The maximum atomic E-state index is 15.1. The Morgan fingerprint density at radius 1 is 0.549 bits per heavy atom. The number of aliphatic hydroxyl groups excluding tert-OH is 4. The highest BCUT2D eigenvalue weighted by Gasteiger charge is 2.44. The van der Waals surface area contributed by atoms with E-state index in [-0.39, 0.29) is 67.0 Å². The first-order valence-electron chi connectivity index (χ1n) is 39.4. The van der Waals surface area contributed by atoms with Crippen LogP contribution in [0.1, 0.15) is 169 Å². The lowest BCUT2D eigenvalue weighted by Crippen LogP contribution is -2.63. The van der Waals surface area contributed by atoms with Gasteiger partial charge < -0.3 is 116 Å². The van der Waals surface area contributed by atoms with Crippen LogP contribution in [0, 0.1) is 29.1 Å². The predicted octanol–water partition coefficient (Wildman–Crippen LogP) is -4.07. The average molecular weight is 1630 g/mol. The van der Waals surface area contributed by atoms with Gasteiger partial charge in [0.25, 0.3) is 0 Å². The molecule has 1 aromatic carbocycles. The number of carbonyl (C=O) groups excluding carboxylic acids is 13. The summed E-state index contributed by atoms with van der Waals surface area (Å²) < 4.78 is 0. The number of carboxylic acid groups (broad SMARTS) is 1. The van der Waals surface area contributed by atoms with Crippen LogP contribution in [0.3, 0.4) is 0 Å². The highest BCUT2D eigenvalue weighted by Crippen LogP contribution is 2.33. The number of rotatable bonds is 15. The van der Waals surface area contributed by atoms with E-state index in [0.717, 1.165) is 30.5 Å². The largest absolute Gasteiger partial charge is 0.481 e. The minimum atomic E-state index is -1.81. The predicted molar refractivity (Wildman–Crippen MR) is 418 cm³/mol. The summed E-state index contributed by atoms with van der Waals surface area (Å²) in [6.45, 7) is 13.1. The van der Waals surface area contributed by atoms with Gasteiger partial charge in [0.2, 0.25) is 76.8 Å². The number of nitrogens with one attached hydrogen (secondary N) is 16. The first kappa shape index (κ1) is 92.4. The van der Waals surface area contributed by atoms with Crippen molar-refractivity contribution in [3.63, 3.8) is 0 Å². The molecule has 7 rings (SSSR count). The fraction of sp³-hybridized carbons (Fsp3) is 0.733. The molecule has 0 spiro atoms. The number of aliphatic carboxylic acids is 1. The molecule has 5 fully saturated rings. The van der Waals surface area contributed by atoms with Crippen molar-refractivity contribution in [2.24, 2.45) is 34.8 Å². The summed E-state index contributed by atoms with van der Waals surface area (Å²) in [4.78, 5) is 198. The topological polar surface area (TPSA) is 559 Å². The van der Waals surface area contributed by atoms with E-state index in [4.69, 9.17) is 5.73 Å². The Kier molecular flexibility index (Phi) is 36.2. The molecule has 4 heterocycles. The smallest absolute Gasteiger partial charge is 0.303 e. The molecule has 2 bridgehead atoms. The van der Waals surface area contributed by atoms with E-state index in [2.05, 4.69) is 85.1 Å². The quantitative estimate of drug-likeness (QED) is 0.0794. The van der Waals surface area contributed by atoms with Crippen LogP contribution in [-0.4, -0.2) is 255 Å². The molecule has 2 saturated carbocycles. The Bertz CT molecular complexity index is 3460. The zero-order chi connectivity index (χ0) is 83.0. The van der Waals surface area contributed by atoms with Gasteiger partial charge in [0, 0.05) is 55.6 Å². The molecule has 1 aromatic rings. The van der Waals surface area contributed by atoms with E-state index >= 15 is 4.79 Å². The van der Waals surface area contributed by atoms with Crippen molar-refractivity contribution in [1.82, 2.24) is 85.1 Å². The van der Waals surface area contributed by atoms with Crippen LogP contribution < -0.4 is 90.8 Å². The zero-order valence-electron chi connectivity index (χ0n) is 65.8. The molecular weight excluding hydrogens is 1510 g/mol. The number of primary amides is 1. The van der Waals surface area contributed by atoms with E-state index in [1.54, 1.807) is 26.8 Å². The normalized spacial score (nSPS) is 33.0. The van der Waals surface area contributed by atoms with Crippen molar-refractivity contribution in [3.05, 3.63) is 35.4 Å². The third-order valence-corrected chi connectivity index (χ3v) is 24.0. The molecule has 4 aliphatic heterocycles. The van der Waals surface area contributed by atoms with Gasteiger partial charge in [-0.15, -0.1) is 0 Å². The van der Waals surface area contributed by atoms with Crippen molar-refractivity contribution in [3.8, 4) is 0 Å². The third-order valence-electron chi connectivity index (χ3n) is 21.8. The van der Waals surface area contributed by atoms with E-state index in [1.165, 1.54) is 58.1 Å². The number of hydrogen-bond acceptors (Lipinski definition) is 24. The van der Waals surface area contributed by atoms with Crippen molar-refractivity contribution >= 4 is 106 Å². The van der Waals surface area contributed by atoms with Gasteiger partial charge in [0.15, 0.2) is 0 Å². The number of benzene rings is 1. The molecule has 23 N–H and O–H groups in total. The number of thioether (sulfide) groups is 2. The second-order valence-electron chi connectivity index (χ2n) is 32.3. The fourth-order valence-corrected chi connectivity index (χ4v) is 17.2. The number of carboxylic acids is 1. The van der Waals surface area contributed by atoms with Gasteiger partial charge in [-0.25, -0.2) is 0 Å². The van der Waals surface area contributed by atoms with Gasteiger partial charge in [0.05, 0.1) is 30.6 Å². The number of carbonyl (C=O) groups is 14. The number of fused-ring (bicyclic) bond motifs is 3. The summed E-state index contributed by atoms with van der Waals surface area (Å²) in [7, 11) is 0. The monoisotopic (exact) mass is 1630 g/mol. The Morgan fingerprint density at radius 2 is 1.03 bits per heavy atom. The Hall–Kier alpha value is -7.82. The lowest BCUT2D eigenvalue weighted by Gasteiger charge is -2.34. The highest BCUT2D eigenvalue weighted by molar-refractivity contribution is 7.98. The van der Waals surface area contributed by atoms with Crippen LogP contribution in [0.5, 0.6) is 0 Å². The third kappa shape index (κ3) is 29.5. The SMILES string of the molecule is CC(=O)N[C@H]1CSCc2cccc(c2)CSC[C@H](C(N)=O)NC(=O)[C@H]([C@@H](C)O)NC(=O)[C@H](C)NC(=O)[C@H](CC2CCC(O)CC2)NC(=O)[C@H](CCC(=O)O)NC(=O)[C@H](C)NC(=O)[C@H](CC2CNC3NCCCC23)NC(=O)[C@H]([C@@H](C)O)NC(=O)[C@H](CC2CNCN2)NC(=O)[C@H](CC2CCC(O)CC2)NC(=O)[C@H](C(C)(C)C)NC1=O. The number of aliphatic hydroxyl groups is 4. The molecule has 0 radical (unpaired) electrons. The number of hydrogen-bond donors (Lipinski definition) is 22. The van der Waals surface area contributed by atoms with Gasteiger partial charge in [-0.05, 0) is 177 Å². The van der Waals surface area contributed by atoms with Crippen LogP contribution in [0.2, 0.25) is 0 Å². The number of nitrogens with two attached hydrogens (primary N) is 1. The summed E-state index contributed by atoms with van der Waals surface area (Å²) in [5.74, 6) is -13.3. The van der Waals surface area contributed by atoms with E-state index < -0.39 is 204 Å². The van der Waals surface area contributed by atoms with E-state index in [0.29, 0.717) is 82.6 Å². The Labute approximate surface area is 667 Å². The molecule has 2 aliphatic carbocycles. The average Bonchev–Trinajstić information content (AvgIpc) is 1.74. The van der Waals surface area contributed by atoms with Gasteiger partial charge in [-0.1, -0.05) is 45.0 Å². The molecule has 113 heavy (non-hydrogen) atoms. The van der Waals surface area contributed by atoms with Crippen LogP contribution in [0.4, 0.5) is 0 Å². The molecule has 0 aromatic heterocycles. The van der Waals surface area contributed by atoms with Gasteiger partial charge in [-0.3, -0.25) is 67.1 Å². The zero-order valence-corrected chi connectivity index (χ0v) is 67.5. The van der Waals surface area contributed by atoms with Crippen molar-refractivity contribution in [2.45, 2.75) is 279 Å². The molecule has 18 atom stereocenters. The second-order valence-corrected chi connectivity index (χ2v) is 34.3. The molecule has 36 nitrogen and oxygen atoms in total. The minimum Gasteiger partial charge on any atom is -0.481 e.